The molecule has 1 amide bonds. The molecule has 0 radical (unpaired) electrons. The van der Waals surface area contributed by atoms with E-state index in [1.165, 1.54) is 0 Å². The number of aromatic nitrogens is 1. The van der Waals surface area contributed by atoms with Crippen molar-refractivity contribution >= 4 is 28.8 Å². The summed E-state index contributed by atoms with van der Waals surface area (Å²) in [6.45, 7) is 4.06. The average Bonchev–Trinajstić information content (AvgIpc) is 3.24. The molecule has 1 aromatic heterocycles. The number of ether oxygens (including phenoxy) is 1. The number of carbonyl (C=O) groups excluding carboxylic acids is 1. The molecular weight excluding hydrogens is 418 g/mol. The molecule has 3 aromatic rings. The van der Waals surface area contributed by atoms with Gasteiger partial charge < -0.3 is 9.64 Å². The van der Waals surface area contributed by atoms with E-state index < -0.39 is 0 Å². The summed E-state index contributed by atoms with van der Waals surface area (Å²) in [5, 5.41) is 3.89. The SMILES string of the molecule is COc1ccc(-c2csc(CN3CCN(C(=O)Cc4ccc(Cl)cc4)CC3)n2)cc1. The van der Waals surface area contributed by atoms with Crippen LogP contribution in [0.4, 0.5) is 0 Å². The van der Waals surface area contributed by atoms with E-state index in [1.807, 2.05) is 53.4 Å². The molecule has 156 valence electrons. The zero-order valence-corrected chi connectivity index (χ0v) is 18.5. The molecule has 2 aromatic carbocycles. The lowest BCUT2D eigenvalue weighted by atomic mass is 10.1. The van der Waals surface area contributed by atoms with Gasteiger partial charge in [0.15, 0.2) is 0 Å². The summed E-state index contributed by atoms with van der Waals surface area (Å²) in [5.74, 6) is 1.02. The highest BCUT2D eigenvalue weighted by Gasteiger charge is 2.22. The molecule has 0 N–H and O–H groups in total. The van der Waals surface area contributed by atoms with Crippen LogP contribution in [-0.4, -0.2) is 54.0 Å². The van der Waals surface area contributed by atoms with Crippen LogP contribution in [0.3, 0.4) is 0 Å². The third-order valence-electron chi connectivity index (χ3n) is 5.29. The van der Waals surface area contributed by atoms with Crippen molar-refractivity contribution in [1.82, 2.24) is 14.8 Å². The largest absolute Gasteiger partial charge is 0.497 e. The minimum atomic E-state index is 0.174. The smallest absolute Gasteiger partial charge is 0.227 e. The van der Waals surface area contributed by atoms with E-state index in [1.54, 1.807) is 18.4 Å². The van der Waals surface area contributed by atoms with Gasteiger partial charge in [-0.1, -0.05) is 23.7 Å². The number of rotatable bonds is 6. The molecule has 4 rings (SSSR count). The first-order valence-corrected chi connectivity index (χ1v) is 11.2. The maximum atomic E-state index is 12.6. The normalized spacial score (nSPS) is 14.7. The standard InChI is InChI=1S/C23H24ClN3O2S/c1-29-20-8-4-18(5-9-20)21-16-30-22(25-21)15-26-10-12-27(13-11-26)23(28)14-17-2-6-19(24)7-3-17/h2-9,16H,10-15H2,1H3. The number of methoxy groups -OCH3 is 1. The topological polar surface area (TPSA) is 45.7 Å². The summed E-state index contributed by atoms with van der Waals surface area (Å²) in [6.07, 6.45) is 0.425. The maximum absolute atomic E-state index is 12.6. The first-order valence-electron chi connectivity index (χ1n) is 9.94. The number of benzene rings is 2. The Morgan fingerprint density at radius 3 is 2.43 bits per heavy atom. The molecular formula is C23H24ClN3O2S. The van der Waals surface area contributed by atoms with E-state index in [0.717, 1.165) is 60.3 Å². The number of thiazole rings is 1. The van der Waals surface area contributed by atoms with Gasteiger partial charge in [0.1, 0.15) is 10.8 Å². The van der Waals surface area contributed by atoms with Gasteiger partial charge in [-0.25, -0.2) is 4.98 Å². The van der Waals surface area contributed by atoms with Gasteiger partial charge in [-0.05, 0) is 42.0 Å². The van der Waals surface area contributed by atoms with Crippen LogP contribution in [0, 0.1) is 0 Å². The molecule has 2 heterocycles. The Labute approximate surface area is 185 Å². The molecule has 1 saturated heterocycles. The van der Waals surface area contributed by atoms with E-state index >= 15 is 0 Å². The van der Waals surface area contributed by atoms with Crippen LogP contribution in [0.15, 0.2) is 53.9 Å². The molecule has 0 saturated carbocycles. The Hall–Kier alpha value is -2.41. The number of piperazine rings is 1. The summed E-state index contributed by atoms with van der Waals surface area (Å²) in [6, 6.07) is 15.5. The molecule has 0 spiro atoms. The monoisotopic (exact) mass is 441 g/mol. The first kappa shape index (κ1) is 20.8. The molecule has 7 heteroatoms. The van der Waals surface area contributed by atoms with Gasteiger partial charge >= 0.3 is 0 Å². The molecule has 30 heavy (non-hydrogen) atoms. The summed E-state index contributed by atoms with van der Waals surface area (Å²) < 4.78 is 5.22. The van der Waals surface area contributed by atoms with Crippen LogP contribution < -0.4 is 4.74 Å². The summed E-state index contributed by atoms with van der Waals surface area (Å²) >= 11 is 7.60. The van der Waals surface area contributed by atoms with Gasteiger partial charge in [0.25, 0.3) is 0 Å². The van der Waals surface area contributed by atoms with E-state index in [-0.39, 0.29) is 5.91 Å². The van der Waals surface area contributed by atoms with Gasteiger partial charge in [-0.2, -0.15) is 0 Å². The second kappa shape index (κ2) is 9.60. The van der Waals surface area contributed by atoms with Crippen molar-refractivity contribution in [1.29, 1.82) is 0 Å². The minimum Gasteiger partial charge on any atom is -0.497 e. The molecule has 0 atom stereocenters. The maximum Gasteiger partial charge on any atom is 0.227 e. The second-order valence-corrected chi connectivity index (χ2v) is 8.69. The van der Waals surface area contributed by atoms with Crippen molar-refractivity contribution in [3.63, 3.8) is 0 Å². The quantitative estimate of drug-likeness (QED) is 0.570. The van der Waals surface area contributed by atoms with Crippen LogP contribution in [0.25, 0.3) is 11.3 Å². The molecule has 0 bridgehead atoms. The predicted octanol–water partition coefficient (Wildman–Crippen LogP) is 4.36. The number of nitrogens with zero attached hydrogens (tertiary/aromatic N) is 3. The van der Waals surface area contributed by atoms with Crippen LogP contribution in [0.1, 0.15) is 10.6 Å². The van der Waals surface area contributed by atoms with E-state index in [9.17, 15) is 4.79 Å². The summed E-state index contributed by atoms with van der Waals surface area (Å²) in [7, 11) is 1.67. The van der Waals surface area contributed by atoms with Gasteiger partial charge in [0.2, 0.25) is 5.91 Å². The van der Waals surface area contributed by atoms with Gasteiger partial charge in [0.05, 0.1) is 25.8 Å². The van der Waals surface area contributed by atoms with Crippen molar-refractivity contribution in [2.45, 2.75) is 13.0 Å². The average molecular weight is 442 g/mol. The fraction of sp³-hybridized carbons (Fsp3) is 0.304. The Morgan fingerprint density at radius 2 is 1.77 bits per heavy atom. The zero-order valence-electron chi connectivity index (χ0n) is 16.9. The van der Waals surface area contributed by atoms with Crippen LogP contribution >= 0.6 is 22.9 Å². The molecule has 1 aliphatic heterocycles. The number of hydrogen-bond acceptors (Lipinski definition) is 5. The third-order valence-corrected chi connectivity index (χ3v) is 6.38. The van der Waals surface area contributed by atoms with Crippen LogP contribution in [0.5, 0.6) is 5.75 Å². The summed E-state index contributed by atoms with van der Waals surface area (Å²) in [4.78, 5) is 21.7. The molecule has 1 fully saturated rings. The fourth-order valence-electron chi connectivity index (χ4n) is 3.51. The number of amides is 1. The van der Waals surface area contributed by atoms with Crippen LogP contribution in [0.2, 0.25) is 5.02 Å². The fourth-order valence-corrected chi connectivity index (χ4v) is 4.48. The van der Waals surface area contributed by atoms with Crippen molar-refractivity contribution in [3.05, 3.63) is 69.5 Å². The highest BCUT2D eigenvalue weighted by molar-refractivity contribution is 7.09. The predicted molar refractivity (Wildman–Crippen MR) is 121 cm³/mol. The Kier molecular flexibility index (Phi) is 6.67. The third kappa shape index (κ3) is 5.19. The number of hydrogen-bond donors (Lipinski definition) is 0. The highest BCUT2D eigenvalue weighted by Crippen LogP contribution is 2.25. The van der Waals surface area contributed by atoms with Crippen molar-refractivity contribution in [2.75, 3.05) is 33.3 Å². The van der Waals surface area contributed by atoms with Crippen molar-refractivity contribution < 1.29 is 9.53 Å². The lowest BCUT2D eigenvalue weighted by Crippen LogP contribution is -2.48. The lowest BCUT2D eigenvalue weighted by Gasteiger charge is -2.34. The molecule has 0 aliphatic carbocycles. The van der Waals surface area contributed by atoms with Crippen molar-refractivity contribution in [2.24, 2.45) is 0 Å². The Balaban J connectivity index is 1.28. The van der Waals surface area contributed by atoms with Gasteiger partial charge in [-0.15, -0.1) is 11.3 Å². The lowest BCUT2D eigenvalue weighted by molar-refractivity contribution is -0.132. The minimum absolute atomic E-state index is 0.174. The number of carbonyl (C=O) groups is 1. The van der Waals surface area contributed by atoms with Gasteiger partial charge in [-0.3, -0.25) is 9.69 Å². The Morgan fingerprint density at radius 1 is 1.07 bits per heavy atom. The second-order valence-electron chi connectivity index (χ2n) is 7.32. The van der Waals surface area contributed by atoms with Crippen molar-refractivity contribution in [3.8, 4) is 17.0 Å². The molecule has 0 unspecified atom stereocenters. The highest BCUT2D eigenvalue weighted by atomic mass is 35.5. The van der Waals surface area contributed by atoms with E-state index in [4.69, 9.17) is 21.3 Å². The first-order chi connectivity index (χ1) is 14.6. The van der Waals surface area contributed by atoms with E-state index in [0.29, 0.717) is 11.4 Å². The van der Waals surface area contributed by atoms with Crippen LogP contribution in [-0.2, 0) is 17.8 Å². The number of halogens is 1. The summed E-state index contributed by atoms with van der Waals surface area (Å²) in [5.41, 5.74) is 3.09. The van der Waals surface area contributed by atoms with Gasteiger partial charge in [0, 0.05) is 42.1 Å². The zero-order chi connectivity index (χ0) is 20.9. The molecule has 1 aliphatic rings. The Bertz CT molecular complexity index is 980. The molecule has 5 nitrogen and oxygen atoms in total. The van der Waals surface area contributed by atoms with E-state index in [2.05, 4.69) is 10.3 Å².